The standard InChI is InChI=1S/C21H28N8O3S/c1-26-18(8-7-17(22)30)24-29(21(26)33)14-28-11-9-27(10-12-28)13-19-23-20(25-32-19)15-3-5-16(31-2)6-4-15/h3-6H,7-14H2,1-2H3,(H2,22,30). The first-order valence-corrected chi connectivity index (χ1v) is 11.2. The molecule has 3 heterocycles. The third kappa shape index (κ3) is 5.64. The number of aromatic nitrogens is 5. The number of hydrogen-bond acceptors (Lipinski definition) is 9. The minimum atomic E-state index is -0.344. The molecule has 1 amide bonds. The molecule has 1 aromatic carbocycles. The van der Waals surface area contributed by atoms with Crippen molar-refractivity contribution < 1.29 is 14.1 Å². The number of piperazine rings is 1. The van der Waals surface area contributed by atoms with Crippen molar-refractivity contribution >= 4 is 18.1 Å². The van der Waals surface area contributed by atoms with Crippen LogP contribution in [0.25, 0.3) is 11.4 Å². The molecular formula is C21H28N8O3S. The minimum Gasteiger partial charge on any atom is -0.497 e. The number of ether oxygens (including phenoxy) is 1. The molecule has 0 atom stereocenters. The predicted octanol–water partition coefficient (Wildman–Crippen LogP) is 1.20. The van der Waals surface area contributed by atoms with Crippen LogP contribution in [0.2, 0.25) is 0 Å². The van der Waals surface area contributed by atoms with Crippen LogP contribution in [0.1, 0.15) is 18.1 Å². The van der Waals surface area contributed by atoms with Crippen LogP contribution in [0.15, 0.2) is 28.8 Å². The maximum atomic E-state index is 11.1. The number of methoxy groups -OCH3 is 1. The van der Waals surface area contributed by atoms with Crippen molar-refractivity contribution in [2.45, 2.75) is 26.1 Å². The first kappa shape index (κ1) is 23.1. The van der Waals surface area contributed by atoms with E-state index in [1.807, 2.05) is 35.9 Å². The summed E-state index contributed by atoms with van der Waals surface area (Å²) in [6.07, 6.45) is 0.743. The number of carbonyl (C=O) groups is 1. The third-order valence-electron chi connectivity index (χ3n) is 5.70. The van der Waals surface area contributed by atoms with E-state index in [0.29, 0.717) is 36.1 Å². The molecule has 33 heavy (non-hydrogen) atoms. The number of nitrogens with two attached hydrogens (primary N) is 1. The summed E-state index contributed by atoms with van der Waals surface area (Å²) in [5.41, 5.74) is 6.14. The zero-order valence-corrected chi connectivity index (χ0v) is 19.6. The largest absolute Gasteiger partial charge is 0.497 e. The maximum Gasteiger partial charge on any atom is 0.241 e. The van der Waals surface area contributed by atoms with Crippen molar-refractivity contribution in [3.05, 3.63) is 40.8 Å². The number of benzene rings is 1. The smallest absolute Gasteiger partial charge is 0.241 e. The Morgan fingerprint density at radius 2 is 1.88 bits per heavy atom. The van der Waals surface area contributed by atoms with Gasteiger partial charge in [-0.25, -0.2) is 4.68 Å². The van der Waals surface area contributed by atoms with E-state index in [2.05, 4.69) is 25.0 Å². The second-order valence-electron chi connectivity index (χ2n) is 8.00. The van der Waals surface area contributed by atoms with E-state index in [-0.39, 0.29) is 12.3 Å². The Morgan fingerprint density at radius 3 is 2.55 bits per heavy atom. The first-order chi connectivity index (χ1) is 15.9. The Balaban J connectivity index is 1.29. The quantitative estimate of drug-likeness (QED) is 0.458. The lowest BCUT2D eigenvalue weighted by atomic mass is 10.2. The highest BCUT2D eigenvalue weighted by atomic mass is 32.1. The van der Waals surface area contributed by atoms with E-state index in [9.17, 15) is 4.79 Å². The average Bonchev–Trinajstić information content (AvgIpc) is 3.39. The van der Waals surface area contributed by atoms with Gasteiger partial charge in [0.15, 0.2) is 4.77 Å². The summed E-state index contributed by atoms with van der Waals surface area (Å²) < 4.78 is 14.9. The molecule has 1 aliphatic heterocycles. The van der Waals surface area contributed by atoms with Crippen LogP contribution in [0.5, 0.6) is 5.75 Å². The van der Waals surface area contributed by atoms with Gasteiger partial charge < -0.3 is 19.6 Å². The lowest BCUT2D eigenvalue weighted by Crippen LogP contribution is -2.46. The summed E-state index contributed by atoms with van der Waals surface area (Å²) in [7, 11) is 3.50. The van der Waals surface area contributed by atoms with Crippen LogP contribution in [-0.4, -0.2) is 73.5 Å². The molecule has 4 rings (SSSR count). The number of hydrogen-bond donors (Lipinski definition) is 1. The molecule has 1 fully saturated rings. The fourth-order valence-corrected chi connectivity index (χ4v) is 3.93. The number of primary amides is 1. The summed E-state index contributed by atoms with van der Waals surface area (Å²) in [6, 6.07) is 7.57. The number of amides is 1. The van der Waals surface area contributed by atoms with E-state index in [4.69, 9.17) is 27.2 Å². The van der Waals surface area contributed by atoms with Gasteiger partial charge in [0.2, 0.25) is 17.6 Å². The molecule has 3 aromatic rings. The molecule has 0 bridgehead atoms. The fourth-order valence-electron chi connectivity index (χ4n) is 3.72. The number of carbonyl (C=O) groups excluding carboxylic acids is 1. The van der Waals surface area contributed by atoms with E-state index >= 15 is 0 Å². The monoisotopic (exact) mass is 472 g/mol. The summed E-state index contributed by atoms with van der Waals surface area (Å²) in [6.45, 7) is 4.70. The lowest BCUT2D eigenvalue weighted by molar-refractivity contribution is -0.118. The molecule has 2 N–H and O–H groups in total. The topological polar surface area (TPSA) is 120 Å². The number of aryl methyl sites for hydroxylation is 1. The van der Waals surface area contributed by atoms with Gasteiger partial charge in [-0.1, -0.05) is 5.16 Å². The molecule has 0 spiro atoms. The van der Waals surface area contributed by atoms with Crippen LogP contribution >= 0.6 is 12.2 Å². The zero-order chi connectivity index (χ0) is 23.4. The van der Waals surface area contributed by atoms with Crippen molar-refractivity contribution in [1.29, 1.82) is 0 Å². The molecule has 0 aliphatic carbocycles. The number of rotatable bonds is 9. The zero-order valence-electron chi connectivity index (χ0n) is 18.8. The highest BCUT2D eigenvalue weighted by Gasteiger charge is 2.21. The third-order valence-corrected chi connectivity index (χ3v) is 6.18. The summed E-state index contributed by atoms with van der Waals surface area (Å²) >= 11 is 5.50. The van der Waals surface area contributed by atoms with Gasteiger partial charge in [0.1, 0.15) is 11.6 Å². The Morgan fingerprint density at radius 1 is 1.18 bits per heavy atom. The van der Waals surface area contributed by atoms with Gasteiger partial charge in [-0.3, -0.25) is 14.6 Å². The van der Waals surface area contributed by atoms with Crippen LogP contribution in [0.3, 0.4) is 0 Å². The Bertz CT molecular complexity index is 1150. The second-order valence-corrected chi connectivity index (χ2v) is 8.36. The van der Waals surface area contributed by atoms with Gasteiger partial charge in [0.05, 0.1) is 20.3 Å². The normalized spacial score (nSPS) is 15.1. The Hall–Kier alpha value is -3.09. The van der Waals surface area contributed by atoms with Crippen LogP contribution < -0.4 is 10.5 Å². The minimum absolute atomic E-state index is 0.258. The molecular weight excluding hydrogens is 444 g/mol. The first-order valence-electron chi connectivity index (χ1n) is 10.8. The molecule has 0 radical (unpaired) electrons. The van der Waals surface area contributed by atoms with Crippen LogP contribution in [0.4, 0.5) is 0 Å². The molecule has 0 unspecified atom stereocenters. The van der Waals surface area contributed by atoms with Gasteiger partial charge in [-0.05, 0) is 36.5 Å². The number of nitrogens with zero attached hydrogens (tertiary/aromatic N) is 7. The van der Waals surface area contributed by atoms with Crippen molar-refractivity contribution in [2.24, 2.45) is 12.8 Å². The van der Waals surface area contributed by atoms with E-state index in [1.165, 1.54) is 0 Å². The summed E-state index contributed by atoms with van der Waals surface area (Å²) in [5, 5.41) is 8.68. The highest BCUT2D eigenvalue weighted by Crippen LogP contribution is 2.20. The van der Waals surface area contributed by atoms with Gasteiger partial charge in [0.25, 0.3) is 0 Å². The Labute approximate surface area is 196 Å². The van der Waals surface area contributed by atoms with Gasteiger partial charge in [-0.2, -0.15) is 10.1 Å². The van der Waals surface area contributed by atoms with Gasteiger partial charge >= 0.3 is 0 Å². The second kappa shape index (κ2) is 10.2. The Kier molecular flexibility index (Phi) is 7.16. The summed E-state index contributed by atoms with van der Waals surface area (Å²) in [4.78, 5) is 20.2. The van der Waals surface area contributed by atoms with Crippen molar-refractivity contribution in [3.63, 3.8) is 0 Å². The summed E-state index contributed by atoms with van der Waals surface area (Å²) in [5.74, 6) is 2.38. The van der Waals surface area contributed by atoms with E-state index < -0.39 is 0 Å². The maximum absolute atomic E-state index is 11.1. The van der Waals surface area contributed by atoms with Crippen molar-refractivity contribution in [3.8, 4) is 17.1 Å². The molecule has 0 saturated carbocycles. The molecule has 176 valence electrons. The lowest BCUT2D eigenvalue weighted by Gasteiger charge is -2.33. The predicted molar refractivity (Wildman–Crippen MR) is 123 cm³/mol. The van der Waals surface area contributed by atoms with Crippen molar-refractivity contribution in [2.75, 3.05) is 33.3 Å². The SMILES string of the molecule is COc1ccc(-c2noc(CN3CCN(Cn4nc(CCC(N)=O)n(C)c4=S)CC3)n2)cc1. The van der Waals surface area contributed by atoms with Gasteiger partial charge in [0, 0.05) is 51.6 Å². The molecule has 12 heteroatoms. The van der Waals surface area contributed by atoms with Gasteiger partial charge in [-0.15, -0.1) is 0 Å². The van der Waals surface area contributed by atoms with Crippen LogP contribution in [0, 0.1) is 4.77 Å². The molecule has 1 saturated heterocycles. The highest BCUT2D eigenvalue weighted by molar-refractivity contribution is 7.71. The molecule has 11 nitrogen and oxygen atoms in total. The van der Waals surface area contributed by atoms with E-state index in [0.717, 1.165) is 43.3 Å². The fraction of sp³-hybridized carbons (Fsp3) is 0.476. The molecule has 2 aromatic heterocycles. The average molecular weight is 473 g/mol. The van der Waals surface area contributed by atoms with E-state index in [1.54, 1.807) is 11.8 Å². The molecule has 1 aliphatic rings. The van der Waals surface area contributed by atoms with Crippen molar-refractivity contribution in [1.82, 2.24) is 34.3 Å². The van der Waals surface area contributed by atoms with Crippen LogP contribution in [-0.2, 0) is 31.5 Å².